The molecule has 19 heavy (non-hydrogen) atoms. The number of hydrogen-bond acceptors (Lipinski definition) is 4. The van der Waals surface area contributed by atoms with Gasteiger partial charge in [0.1, 0.15) is 0 Å². The molecule has 0 spiro atoms. The number of rotatable bonds is 2. The van der Waals surface area contributed by atoms with E-state index < -0.39 is 0 Å². The van der Waals surface area contributed by atoms with Crippen LogP contribution in [0.2, 0.25) is 0 Å². The molecule has 3 heterocycles. The van der Waals surface area contributed by atoms with E-state index >= 15 is 0 Å². The molecule has 0 aromatic carbocycles. The van der Waals surface area contributed by atoms with Crippen molar-refractivity contribution in [2.75, 3.05) is 19.7 Å². The Kier molecular flexibility index (Phi) is 3.66. The standard InChI is InChI=1S/C14H21N3O2/c1-16-14(18)8-11-9-17(6-5-13(11)15-16)10-12-4-2-3-7-19-12/h8,12H,2-7,9-10H2,1H3/t12-/m1/s1. The van der Waals surface area contributed by atoms with Crippen LogP contribution in [-0.4, -0.2) is 40.5 Å². The number of hydrogen-bond donors (Lipinski definition) is 0. The molecule has 5 nitrogen and oxygen atoms in total. The molecule has 1 aromatic rings. The Balaban J connectivity index is 1.68. The predicted molar refractivity (Wildman–Crippen MR) is 72.1 cm³/mol. The van der Waals surface area contributed by atoms with Crippen molar-refractivity contribution in [3.8, 4) is 0 Å². The van der Waals surface area contributed by atoms with Crippen molar-refractivity contribution >= 4 is 0 Å². The maximum absolute atomic E-state index is 11.6. The Bertz CT molecular complexity index is 506. The smallest absolute Gasteiger partial charge is 0.266 e. The predicted octanol–water partition coefficient (Wildman–Crippen LogP) is 0.707. The zero-order valence-electron chi connectivity index (χ0n) is 11.5. The van der Waals surface area contributed by atoms with Gasteiger partial charge in [-0.25, -0.2) is 4.68 Å². The molecule has 0 radical (unpaired) electrons. The average molecular weight is 263 g/mol. The lowest BCUT2D eigenvalue weighted by atomic mass is 10.0. The summed E-state index contributed by atoms with van der Waals surface area (Å²) in [5.74, 6) is 0. The third-order valence-electron chi connectivity index (χ3n) is 4.05. The van der Waals surface area contributed by atoms with Gasteiger partial charge in [-0.3, -0.25) is 9.69 Å². The van der Waals surface area contributed by atoms with Gasteiger partial charge in [-0.15, -0.1) is 0 Å². The van der Waals surface area contributed by atoms with E-state index in [1.807, 2.05) is 0 Å². The molecule has 0 unspecified atom stereocenters. The minimum atomic E-state index is -0.0190. The minimum absolute atomic E-state index is 0.0190. The molecule has 1 atom stereocenters. The van der Waals surface area contributed by atoms with Crippen LogP contribution in [0.3, 0.4) is 0 Å². The van der Waals surface area contributed by atoms with Gasteiger partial charge in [0.05, 0.1) is 11.8 Å². The summed E-state index contributed by atoms with van der Waals surface area (Å²) >= 11 is 0. The summed E-state index contributed by atoms with van der Waals surface area (Å²) in [5.41, 5.74) is 2.14. The van der Waals surface area contributed by atoms with Gasteiger partial charge in [0.25, 0.3) is 5.56 Å². The Morgan fingerprint density at radius 3 is 3.16 bits per heavy atom. The second kappa shape index (κ2) is 5.43. The van der Waals surface area contributed by atoms with Crippen LogP contribution in [0.15, 0.2) is 10.9 Å². The van der Waals surface area contributed by atoms with Gasteiger partial charge >= 0.3 is 0 Å². The topological polar surface area (TPSA) is 47.4 Å². The summed E-state index contributed by atoms with van der Waals surface area (Å²) in [6.45, 7) is 3.72. The van der Waals surface area contributed by atoms with E-state index in [0.29, 0.717) is 6.10 Å². The fourth-order valence-corrected chi connectivity index (χ4v) is 2.95. The van der Waals surface area contributed by atoms with Crippen LogP contribution in [0.5, 0.6) is 0 Å². The van der Waals surface area contributed by atoms with Crippen molar-refractivity contribution in [1.82, 2.24) is 14.7 Å². The van der Waals surface area contributed by atoms with Crippen LogP contribution >= 0.6 is 0 Å². The normalized spacial score (nSPS) is 24.2. The molecule has 2 aliphatic heterocycles. The van der Waals surface area contributed by atoms with E-state index in [4.69, 9.17) is 4.74 Å². The summed E-state index contributed by atoms with van der Waals surface area (Å²) in [7, 11) is 1.71. The van der Waals surface area contributed by atoms with Crippen LogP contribution < -0.4 is 5.56 Å². The first-order valence-electron chi connectivity index (χ1n) is 7.12. The van der Waals surface area contributed by atoms with Gasteiger partial charge < -0.3 is 4.74 Å². The zero-order chi connectivity index (χ0) is 13.2. The maximum Gasteiger partial charge on any atom is 0.266 e. The first-order valence-corrected chi connectivity index (χ1v) is 7.12. The highest BCUT2D eigenvalue weighted by Gasteiger charge is 2.22. The summed E-state index contributed by atoms with van der Waals surface area (Å²) < 4.78 is 7.22. The van der Waals surface area contributed by atoms with Gasteiger partial charge in [-0.1, -0.05) is 0 Å². The molecule has 0 bridgehead atoms. The third-order valence-corrected chi connectivity index (χ3v) is 4.05. The summed E-state index contributed by atoms with van der Waals surface area (Å²) in [5, 5.41) is 4.34. The number of aromatic nitrogens is 2. The van der Waals surface area contributed by atoms with Crippen LogP contribution in [0.4, 0.5) is 0 Å². The molecule has 104 valence electrons. The molecule has 3 rings (SSSR count). The number of aryl methyl sites for hydroxylation is 1. The Hall–Kier alpha value is -1.20. The van der Waals surface area contributed by atoms with Gasteiger partial charge in [-0.05, 0) is 24.8 Å². The molecule has 1 fully saturated rings. The highest BCUT2D eigenvalue weighted by Crippen LogP contribution is 2.19. The molecule has 2 aliphatic rings. The van der Waals surface area contributed by atoms with Gasteiger partial charge in [-0.2, -0.15) is 5.10 Å². The van der Waals surface area contributed by atoms with Crippen molar-refractivity contribution < 1.29 is 4.74 Å². The van der Waals surface area contributed by atoms with E-state index in [1.165, 1.54) is 17.5 Å². The minimum Gasteiger partial charge on any atom is -0.377 e. The summed E-state index contributed by atoms with van der Waals surface area (Å²) in [4.78, 5) is 14.0. The van der Waals surface area contributed by atoms with Crippen molar-refractivity contribution in [2.24, 2.45) is 7.05 Å². The lowest BCUT2D eigenvalue weighted by Gasteiger charge is -2.32. The fourth-order valence-electron chi connectivity index (χ4n) is 2.95. The highest BCUT2D eigenvalue weighted by atomic mass is 16.5. The largest absolute Gasteiger partial charge is 0.377 e. The fraction of sp³-hybridized carbons (Fsp3) is 0.714. The molecule has 1 saturated heterocycles. The Morgan fingerprint density at radius 1 is 1.47 bits per heavy atom. The number of fused-ring (bicyclic) bond motifs is 1. The first-order chi connectivity index (χ1) is 9.22. The highest BCUT2D eigenvalue weighted by molar-refractivity contribution is 5.20. The van der Waals surface area contributed by atoms with Crippen LogP contribution in [0.1, 0.15) is 30.5 Å². The molecule has 1 aromatic heterocycles. The van der Waals surface area contributed by atoms with E-state index in [-0.39, 0.29) is 5.56 Å². The zero-order valence-corrected chi connectivity index (χ0v) is 11.5. The third kappa shape index (κ3) is 2.87. The second-order valence-corrected chi connectivity index (χ2v) is 5.55. The molecule has 0 saturated carbocycles. The van der Waals surface area contributed by atoms with Crippen molar-refractivity contribution in [2.45, 2.75) is 38.3 Å². The molecular weight excluding hydrogens is 242 g/mol. The molecule has 5 heteroatoms. The van der Waals surface area contributed by atoms with Gasteiger partial charge in [0.15, 0.2) is 0 Å². The molecule has 0 aliphatic carbocycles. The summed E-state index contributed by atoms with van der Waals surface area (Å²) in [6, 6.07) is 1.73. The quantitative estimate of drug-likeness (QED) is 0.788. The lowest BCUT2D eigenvalue weighted by molar-refractivity contribution is -0.00818. The van der Waals surface area contributed by atoms with Crippen molar-refractivity contribution in [3.05, 3.63) is 27.7 Å². The molecular formula is C14H21N3O2. The number of ether oxygens (including phenoxy) is 1. The Labute approximate surface area is 113 Å². The van der Waals surface area contributed by atoms with Crippen LogP contribution in [0.25, 0.3) is 0 Å². The first kappa shape index (κ1) is 12.8. The summed E-state index contributed by atoms with van der Waals surface area (Å²) in [6.07, 6.45) is 4.93. The molecule has 0 N–H and O–H groups in total. The monoisotopic (exact) mass is 263 g/mol. The van der Waals surface area contributed by atoms with E-state index in [2.05, 4.69) is 10.00 Å². The van der Waals surface area contributed by atoms with Gasteiger partial charge in [0, 0.05) is 45.8 Å². The Morgan fingerprint density at radius 2 is 2.37 bits per heavy atom. The molecule has 0 amide bonds. The van der Waals surface area contributed by atoms with Gasteiger partial charge in [0.2, 0.25) is 0 Å². The average Bonchev–Trinajstić information content (AvgIpc) is 2.42. The van der Waals surface area contributed by atoms with E-state index in [0.717, 1.165) is 50.3 Å². The number of nitrogens with zero attached hydrogens (tertiary/aromatic N) is 3. The van der Waals surface area contributed by atoms with Crippen molar-refractivity contribution in [3.63, 3.8) is 0 Å². The SMILES string of the molecule is Cn1nc2c(cc1=O)CN(C[C@H]1CCCCO1)CC2. The van der Waals surface area contributed by atoms with E-state index in [9.17, 15) is 4.79 Å². The lowest BCUT2D eigenvalue weighted by Crippen LogP contribution is -2.40. The maximum atomic E-state index is 11.6. The van der Waals surface area contributed by atoms with Crippen molar-refractivity contribution in [1.29, 1.82) is 0 Å². The van der Waals surface area contributed by atoms with Crippen LogP contribution in [0, 0.1) is 0 Å². The van der Waals surface area contributed by atoms with E-state index in [1.54, 1.807) is 13.1 Å². The van der Waals surface area contributed by atoms with Crippen LogP contribution in [-0.2, 0) is 24.8 Å². The second-order valence-electron chi connectivity index (χ2n) is 5.55.